The van der Waals surface area contributed by atoms with Gasteiger partial charge in [-0.15, -0.1) is 0 Å². The number of benzene rings is 2. The van der Waals surface area contributed by atoms with E-state index in [0.29, 0.717) is 28.4 Å². The molecule has 0 radical (unpaired) electrons. The molecule has 3 heterocycles. The number of rotatable bonds is 9. The fraction of sp³-hybridized carbons (Fsp3) is 0.343. The number of hydrogen-bond acceptors (Lipinski definition) is 7. The SMILES string of the molecule is CC(=O)NC(O)(C1=NCC(C)(C)S1)[C@H](Cc1ccccc1)N1C(=O)[C@@H](C(C)C)N(C(=O)c2ccncc2)C=C1c1ccccc1. The van der Waals surface area contributed by atoms with Gasteiger partial charge >= 0.3 is 0 Å². The van der Waals surface area contributed by atoms with Crippen molar-refractivity contribution in [2.75, 3.05) is 6.54 Å². The topological polar surface area (TPSA) is 115 Å². The number of carbonyl (C=O) groups is 3. The van der Waals surface area contributed by atoms with E-state index in [2.05, 4.69) is 10.3 Å². The molecule has 3 atom stereocenters. The highest BCUT2D eigenvalue weighted by Gasteiger charge is 2.54. The minimum absolute atomic E-state index is 0.191. The highest BCUT2D eigenvalue weighted by molar-refractivity contribution is 8.15. The van der Waals surface area contributed by atoms with Gasteiger partial charge in [0.05, 0.1) is 18.3 Å². The summed E-state index contributed by atoms with van der Waals surface area (Å²) in [5.41, 5.74) is 0.307. The van der Waals surface area contributed by atoms with Crippen molar-refractivity contribution in [2.45, 2.75) is 63.6 Å². The lowest BCUT2D eigenvalue weighted by Crippen LogP contribution is -2.69. The van der Waals surface area contributed by atoms with Crippen LogP contribution < -0.4 is 5.32 Å². The molecule has 2 aliphatic heterocycles. The van der Waals surface area contributed by atoms with Crippen molar-refractivity contribution in [3.8, 4) is 0 Å². The molecule has 2 aromatic carbocycles. The van der Waals surface area contributed by atoms with Gasteiger partial charge in [-0.05, 0) is 49.4 Å². The Morgan fingerprint density at radius 3 is 2.22 bits per heavy atom. The van der Waals surface area contributed by atoms with Gasteiger partial charge in [0.15, 0.2) is 0 Å². The third-order valence-corrected chi connectivity index (χ3v) is 9.22. The van der Waals surface area contributed by atoms with E-state index in [1.165, 1.54) is 23.6 Å². The van der Waals surface area contributed by atoms with Gasteiger partial charge in [0.2, 0.25) is 11.6 Å². The Bertz CT molecular complexity index is 1610. The number of amides is 3. The first-order valence-corrected chi connectivity index (χ1v) is 15.8. The summed E-state index contributed by atoms with van der Waals surface area (Å²) in [6.45, 7) is 9.60. The normalized spacial score (nSPS) is 19.9. The van der Waals surface area contributed by atoms with E-state index in [-0.39, 0.29) is 28.9 Å². The van der Waals surface area contributed by atoms with Crippen LogP contribution in [0.25, 0.3) is 5.70 Å². The number of hydrogen-bond donors (Lipinski definition) is 2. The Balaban J connectivity index is 1.75. The molecule has 0 spiro atoms. The first kappa shape index (κ1) is 32.1. The molecule has 3 aromatic rings. The number of nitrogens with one attached hydrogen (secondary N) is 1. The summed E-state index contributed by atoms with van der Waals surface area (Å²) >= 11 is 1.39. The maximum atomic E-state index is 15.0. The van der Waals surface area contributed by atoms with Crippen molar-refractivity contribution in [3.63, 3.8) is 0 Å². The van der Waals surface area contributed by atoms with E-state index in [9.17, 15) is 14.7 Å². The monoisotopic (exact) mass is 625 g/mol. The van der Waals surface area contributed by atoms with Crippen molar-refractivity contribution in [3.05, 3.63) is 108 Å². The van der Waals surface area contributed by atoms with Crippen molar-refractivity contribution in [2.24, 2.45) is 10.9 Å². The molecule has 0 fully saturated rings. The minimum Gasteiger partial charge on any atom is -0.364 e. The molecule has 5 rings (SSSR count). The van der Waals surface area contributed by atoms with E-state index in [1.807, 2.05) is 88.4 Å². The van der Waals surface area contributed by atoms with E-state index >= 15 is 4.79 Å². The summed E-state index contributed by atoms with van der Waals surface area (Å²) in [5.74, 6) is -1.47. The molecule has 0 saturated heterocycles. The van der Waals surface area contributed by atoms with Gasteiger partial charge in [0, 0.05) is 35.8 Å². The van der Waals surface area contributed by atoms with Gasteiger partial charge in [0.1, 0.15) is 11.1 Å². The quantitative estimate of drug-likeness (QED) is 0.332. The van der Waals surface area contributed by atoms with Crippen molar-refractivity contribution in [1.29, 1.82) is 0 Å². The molecular weight excluding hydrogens is 586 g/mol. The van der Waals surface area contributed by atoms with E-state index in [0.717, 1.165) is 5.56 Å². The summed E-state index contributed by atoms with van der Waals surface area (Å²) in [5, 5.41) is 15.9. The molecule has 234 valence electrons. The van der Waals surface area contributed by atoms with Crippen LogP contribution in [0.15, 0.2) is 96.4 Å². The zero-order valence-corrected chi connectivity index (χ0v) is 27.0. The molecule has 1 aromatic heterocycles. The summed E-state index contributed by atoms with van der Waals surface area (Å²) in [7, 11) is 0. The third-order valence-electron chi connectivity index (χ3n) is 7.91. The van der Waals surface area contributed by atoms with E-state index in [4.69, 9.17) is 4.99 Å². The van der Waals surface area contributed by atoms with Crippen molar-refractivity contribution in [1.82, 2.24) is 20.1 Å². The first-order chi connectivity index (χ1) is 21.4. The van der Waals surface area contributed by atoms with Gasteiger partial charge in [-0.1, -0.05) is 86.3 Å². The number of carbonyl (C=O) groups excluding carboxylic acids is 3. The zero-order valence-electron chi connectivity index (χ0n) is 26.2. The minimum atomic E-state index is -2.04. The number of aromatic nitrogens is 1. The molecule has 45 heavy (non-hydrogen) atoms. The largest absolute Gasteiger partial charge is 0.364 e. The second kappa shape index (κ2) is 13.0. The molecule has 0 saturated carbocycles. The maximum Gasteiger partial charge on any atom is 0.258 e. The summed E-state index contributed by atoms with van der Waals surface area (Å²) in [6, 6.07) is 20.2. The summed E-state index contributed by atoms with van der Waals surface area (Å²) in [6.07, 6.45) is 4.98. The van der Waals surface area contributed by atoms with Crippen LogP contribution in [0.3, 0.4) is 0 Å². The molecule has 2 aliphatic rings. The molecule has 0 bridgehead atoms. The highest BCUT2D eigenvalue weighted by atomic mass is 32.2. The predicted molar refractivity (Wildman–Crippen MR) is 177 cm³/mol. The fourth-order valence-corrected chi connectivity index (χ4v) is 6.96. The number of nitrogens with zero attached hydrogens (tertiary/aromatic N) is 4. The standard InChI is InChI=1S/C35H39N5O4S/c1-23(2)30-32(43)40(28(26-14-10-7-11-15-26)21-39(30)31(42)27-16-18-36-19-17-27)29(20-25-12-8-6-9-13-25)35(44,38-24(3)41)33-37-22-34(4,5)45-33/h6-19,21,23,29-30,44H,20,22H2,1-5H3,(H,38,41)/t29-,30+,35?/m0/s1. The molecular formula is C35H39N5O4S. The van der Waals surface area contributed by atoms with E-state index in [1.54, 1.807) is 35.6 Å². The summed E-state index contributed by atoms with van der Waals surface area (Å²) in [4.78, 5) is 53.6. The maximum absolute atomic E-state index is 15.0. The average molecular weight is 626 g/mol. The lowest BCUT2D eigenvalue weighted by atomic mass is 9.89. The van der Waals surface area contributed by atoms with Crippen LogP contribution >= 0.6 is 11.8 Å². The van der Waals surface area contributed by atoms with E-state index < -0.39 is 23.7 Å². The second-order valence-electron chi connectivity index (χ2n) is 12.4. The molecule has 1 unspecified atom stereocenters. The lowest BCUT2D eigenvalue weighted by Gasteiger charge is -2.49. The Morgan fingerprint density at radius 2 is 1.67 bits per heavy atom. The van der Waals surface area contributed by atoms with Crippen LogP contribution in [0.1, 0.15) is 56.1 Å². The molecule has 2 N–H and O–H groups in total. The van der Waals surface area contributed by atoms with Crippen LogP contribution in [0.5, 0.6) is 0 Å². The van der Waals surface area contributed by atoms with Gasteiger partial charge in [-0.25, -0.2) is 0 Å². The number of thioether (sulfide) groups is 1. The van der Waals surface area contributed by atoms with Crippen LogP contribution in [-0.4, -0.2) is 71.8 Å². The fourth-order valence-electron chi connectivity index (χ4n) is 5.83. The highest BCUT2D eigenvalue weighted by Crippen LogP contribution is 2.41. The average Bonchev–Trinajstić information content (AvgIpc) is 3.40. The van der Waals surface area contributed by atoms with Crippen LogP contribution in [0.2, 0.25) is 0 Å². The first-order valence-electron chi connectivity index (χ1n) is 15.0. The Morgan fingerprint density at radius 1 is 1.04 bits per heavy atom. The van der Waals surface area contributed by atoms with Crippen molar-refractivity contribution < 1.29 is 19.5 Å². The second-order valence-corrected chi connectivity index (χ2v) is 14.1. The van der Waals surface area contributed by atoms with Crippen LogP contribution in [0.4, 0.5) is 0 Å². The van der Waals surface area contributed by atoms with Gasteiger partial charge < -0.3 is 15.3 Å². The Kier molecular flexibility index (Phi) is 9.27. The third kappa shape index (κ3) is 6.72. The molecule has 10 heteroatoms. The van der Waals surface area contributed by atoms with Crippen LogP contribution in [-0.2, 0) is 16.0 Å². The van der Waals surface area contributed by atoms with Crippen LogP contribution in [0, 0.1) is 5.92 Å². The molecule has 3 amide bonds. The van der Waals surface area contributed by atoms with Crippen molar-refractivity contribution >= 4 is 40.2 Å². The number of aliphatic hydroxyl groups is 1. The smallest absolute Gasteiger partial charge is 0.258 e. The number of pyridine rings is 1. The Labute approximate surface area is 268 Å². The molecule has 9 nitrogen and oxygen atoms in total. The zero-order chi connectivity index (χ0) is 32.4. The number of aliphatic imine (C=N–C) groups is 1. The van der Waals surface area contributed by atoms with Gasteiger partial charge in [-0.2, -0.15) is 0 Å². The predicted octanol–water partition coefficient (Wildman–Crippen LogP) is 4.75. The van der Waals surface area contributed by atoms with Gasteiger partial charge in [-0.3, -0.25) is 29.3 Å². The lowest BCUT2D eigenvalue weighted by molar-refractivity contribution is -0.143. The summed E-state index contributed by atoms with van der Waals surface area (Å²) < 4.78 is -0.322. The molecule has 0 aliphatic carbocycles. The Hall–Kier alpha value is -4.28. The van der Waals surface area contributed by atoms with Gasteiger partial charge in [0.25, 0.3) is 11.8 Å².